The van der Waals surface area contributed by atoms with Crippen molar-refractivity contribution in [2.24, 2.45) is 0 Å². The maximum atomic E-state index is 12.4. The highest BCUT2D eigenvalue weighted by molar-refractivity contribution is 7.15. The van der Waals surface area contributed by atoms with Crippen LogP contribution in [0.5, 0.6) is 5.75 Å². The van der Waals surface area contributed by atoms with Crippen molar-refractivity contribution in [2.75, 3.05) is 10.6 Å². The Morgan fingerprint density at radius 1 is 0.775 bits per heavy atom. The Balaban J connectivity index is 1.15. The number of aryl methyl sites for hydroxylation is 2. The molecule has 0 fully saturated rings. The first kappa shape index (κ1) is 28.6. The molecule has 2 amide bonds. The lowest BCUT2D eigenvalue weighted by atomic mass is 10.1. The molecule has 208 valence electrons. The summed E-state index contributed by atoms with van der Waals surface area (Å²) < 4.78 is 41.1. The topological polar surface area (TPSA) is 119 Å². The average Bonchev–Trinajstić information content (AvgIpc) is 3.34. The third-order valence-corrected chi connectivity index (χ3v) is 6.38. The SMILES string of the molecule is O=C(Cc1ccccc1)Nc1ccc(CCCCc2nnc(NC(=O)Cc3cccc(OC(F)(F)F)c3)s2)nn1. The van der Waals surface area contributed by atoms with Crippen LogP contribution >= 0.6 is 11.3 Å². The number of carbonyl (C=O) groups is 2. The molecule has 2 N–H and O–H groups in total. The normalized spacial score (nSPS) is 11.2. The van der Waals surface area contributed by atoms with E-state index in [2.05, 4.69) is 35.8 Å². The summed E-state index contributed by atoms with van der Waals surface area (Å²) in [4.78, 5) is 24.5. The van der Waals surface area contributed by atoms with E-state index in [1.807, 2.05) is 36.4 Å². The maximum absolute atomic E-state index is 12.4. The molecule has 0 saturated carbocycles. The number of unbranched alkanes of at least 4 members (excludes halogenated alkanes) is 1. The summed E-state index contributed by atoms with van der Waals surface area (Å²) in [5.74, 6) is -0.574. The summed E-state index contributed by atoms with van der Waals surface area (Å²) in [5, 5.41) is 22.7. The standard InChI is InChI=1S/C27H25F3N6O3S/c28-27(29,30)39-21-11-6-9-19(15-21)17-24(38)32-26-36-35-25(40-26)12-5-4-10-20-13-14-22(34-33-20)31-23(37)16-18-7-2-1-3-8-18/h1-3,6-9,11,13-15H,4-5,10,12,16-17H2,(H,31,34,37)(H,32,36,38). The molecule has 0 aliphatic heterocycles. The minimum Gasteiger partial charge on any atom is -0.406 e. The molecule has 4 aromatic rings. The van der Waals surface area contributed by atoms with Gasteiger partial charge in [-0.05, 0) is 54.7 Å². The number of ether oxygens (including phenoxy) is 1. The molecule has 2 aromatic heterocycles. The molecule has 0 saturated heterocycles. The highest BCUT2D eigenvalue weighted by Crippen LogP contribution is 2.24. The van der Waals surface area contributed by atoms with Crippen molar-refractivity contribution in [1.82, 2.24) is 20.4 Å². The highest BCUT2D eigenvalue weighted by atomic mass is 32.1. The Hall–Kier alpha value is -4.39. The number of anilines is 2. The smallest absolute Gasteiger partial charge is 0.406 e. The molecule has 2 aromatic carbocycles. The summed E-state index contributed by atoms with van der Waals surface area (Å²) in [5.41, 5.74) is 2.09. The number of hydrogen-bond acceptors (Lipinski definition) is 8. The number of halogens is 3. The van der Waals surface area contributed by atoms with Crippen LogP contribution < -0.4 is 15.4 Å². The van der Waals surface area contributed by atoms with Gasteiger partial charge in [-0.25, -0.2) is 0 Å². The van der Waals surface area contributed by atoms with Gasteiger partial charge in [0, 0.05) is 6.42 Å². The van der Waals surface area contributed by atoms with Crippen molar-refractivity contribution in [3.05, 3.63) is 88.6 Å². The van der Waals surface area contributed by atoms with Crippen LogP contribution in [0.2, 0.25) is 0 Å². The number of nitrogens with one attached hydrogen (secondary N) is 2. The molecular weight excluding hydrogens is 545 g/mol. The number of nitrogens with zero attached hydrogens (tertiary/aromatic N) is 4. The van der Waals surface area contributed by atoms with Gasteiger partial charge in [0.2, 0.25) is 16.9 Å². The van der Waals surface area contributed by atoms with E-state index in [0.29, 0.717) is 29.4 Å². The molecular formula is C27H25F3N6O3S. The third-order valence-electron chi connectivity index (χ3n) is 5.48. The van der Waals surface area contributed by atoms with E-state index in [-0.39, 0.29) is 24.5 Å². The largest absolute Gasteiger partial charge is 0.573 e. The zero-order valence-corrected chi connectivity index (χ0v) is 22.0. The Labute approximate surface area is 231 Å². The van der Waals surface area contributed by atoms with Gasteiger partial charge in [0.05, 0.1) is 18.5 Å². The average molecular weight is 571 g/mol. The van der Waals surface area contributed by atoms with E-state index in [1.165, 1.54) is 35.6 Å². The van der Waals surface area contributed by atoms with E-state index in [4.69, 9.17) is 0 Å². The Bertz CT molecular complexity index is 1420. The number of aromatic nitrogens is 4. The van der Waals surface area contributed by atoms with Crippen molar-refractivity contribution < 1.29 is 27.5 Å². The first-order valence-corrected chi connectivity index (χ1v) is 13.2. The second-order valence-corrected chi connectivity index (χ2v) is 9.81. The van der Waals surface area contributed by atoms with Gasteiger partial charge in [0.15, 0.2) is 5.82 Å². The van der Waals surface area contributed by atoms with E-state index in [9.17, 15) is 22.8 Å². The molecule has 0 radical (unpaired) electrons. The number of amides is 2. The second-order valence-electron chi connectivity index (χ2n) is 8.75. The van der Waals surface area contributed by atoms with Gasteiger partial charge in [-0.3, -0.25) is 9.59 Å². The summed E-state index contributed by atoms with van der Waals surface area (Å²) in [7, 11) is 0. The first-order valence-electron chi connectivity index (χ1n) is 12.4. The van der Waals surface area contributed by atoms with E-state index >= 15 is 0 Å². The lowest BCUT2D eigenvalue weighted by molar-refractivity contribution is -0.274. The number of alkyl halides is 3. The lowest BCUT2D eigenvalue weighted by Gasteiger charge is -2.09. The number of rotatable bonds is 12. The molecule has 0 atom stereocenters. The van der Waals surface area contributed by atoms with Gasteiger partial charge in [0.1, 0.15) is 10.8 Å². The van der Waals surface area contributed by atoms with Gasteiger partial charge in [-0.1, -0.05) is 53.8 Å². The van der Waals surface area contributed by atoms with Crippen molar-refractivity contribution in [2.45, 2.75) is 44.9 Å². The van der Waals surface area contributed by atoms with E-state index in [1.54, 1.807) is 6.07 Å². The van der Waals surface area contributed by atoms with Crippen LogP contribution in [0.15, 0.2) is 66.7 Å². The molecule has 13 heteroatoms. The van der Waals surface area contributed by atoms with E-state index < -0.39 is 12.3 Å². The molecule has 0 aliphatic rings. The zero-order chi connectivity index (χ0) is 28.4. The molecule has 9 nitrogen and oxygen atoms in total. The fourth-order valence-electron chi connectivity index (χ4n) is 3.72. The summed E-state index contributed by atoms with van der Waals surface area (Å²) in [6.45, 7) is 0. The first-order chi connectivity index (χ1) is 19.2. The van der Waals surface area contributed by atoms with Crippen LogP contribution in [0.3, 0.4) is 0 Å². The van der Waals surface area contributed by atoms with Crippen LogP contribution in [-0.2, 0) is 35.3 Å². The van der Waals surface area contributed by atoms with Crippen molar-refractivity contribution >= 4 is 34.1 Å². The van der Waals surface area contributed by atoms with Crippen LogP contribution in [0.25, 0.3) is 0 Å². The minimum atomic E-state index is -4.80. The Morgan fingerprint density at radius 2 is 1.50 bits per heavy atom. The highest BCUT2D eigenvalue weighted by Gasteiger charge is 2.31. The van der Waals surface area contributed by atoms with Crippen LogP contribution in [0.1, 0.15) is 34.7 Å². The fourth-order valence-corrected chi connectivity index (χ4v) is 4.51. The number of carbonyl (C=O) groups excluding carboxylic acids is 2. The Morgan fingerprint density at radius 3 is 2.25 bits per heavy atom. The molecule has 0 aliphatic carbocycles. The van der Waals surface area contributed by atoms with Crippen molar-refractivity contribution in [1.29, 1.82) is 0 Å². The predicted octanol–water partition coefficient (Wildman–Crippen LogP) is 5.15. The van der Waals surface area contributed by atoms with Crippen LogP contribution in [0.4, 0.5) is 24.1 Å². The van der Waals surface area contributed by atoms with Gasteiger partial charge >= 0.3 is 6.36 Å². The minimum absolute atomic E-state index is 0.138. The third kappa shape index (κ3) is 9.73. The lowest BCUT2D eigenvalue weighted by Crippen LogP contribution is -2.17. The number of benzene rings is 2. The van der Waals surface area contributed by atoms with Crippen LogP contribution in [-0.4, -0.2) is 38.6 Å². The molecule has 2 heterocycles. The van der Waals surface area contributed by atoms with Crippen molar-refractivity contribution in [3.8, 4) is 5.75 Å². The molecule has 40 heavy (non-hydrogen) atoms. The summed E-state index contributed by atoms with van der Waals surface area (Å²) >= 11 is 1.24. The predicted molar refractivity (Wildman–Crippen MR) is 143 cm³/mol. The summed E-state index contributed by atoms with van der Waals surface area (Å²) in [6, 6.07) is 18.2. The van der Waals surface area contributed by atoms with Gasteiger partial charge in [0.25, 0.3) is 0 Å². The zero-order valence-electron chi connectivity index (χ0n) is 21.1. The Kier molecular flexibility index (Phi) is 9.73. The van der Waals surface area contributed by atoms with E-state index in [0.717, 1.165) is 29.1 Å². The second kappa shape index (κ2) is 13.6. The molecule has 0 bridgehead atoms. The molecule has 4 rings (SSSR count). The van der Waals surface area contributed by atoms with Gasteiger partial charge in [-0.15, -0.1) is 28.5 Å². The van der Waals surface area contributed by atoms with Crippen molar-refractivity contribution in [3.63, 3.8) is 0 Å². The maximum Gasteiger partial charge on any atom is 0.573 e. The fraction of sp³-hybridized carbons (Fsp3) is 0.259. The quantitative estimate of drug-likeness (QED) is 0.226. The monoisotopic (exact) mass is 570 g/mol. The van der Waals surface area contributed by atoms with Gasteiger partial charge < -0.3 is 15.4 Å². The summed E-state index contributed by atoms with van der Waals surface area (Å²) in [6.07, 6.45) is -1.69. The van der Waals surface area contributed by atoms with Crippen LogP contribution in [0, 0.1) is 0 Å². The number of hydrogen-bond donors (Lipinski definition) is 2. The molecule has 0 spiro atoms. The molecule has 0 unspecified atom stereocenters. The van der Waals surface area contributed by atoms with Gasteiger partial charge in [-0.2, -0.15) is 5.10 Å².